The number of hydrogen-bond donors (Lipinski definition) is 0. The third kappa shape index (κ3) is 4.68. The highest BCUT2D eigenvalue weighted by Gasteiger charge is 2.34. The summed E-state index contributed by atoms with van der Waals surface area (Å²) in [6.45, 7) is 7.37. The molecule has 7 nitrogen and oxygen atoms in total. The number of halogens is 1. The van der Waals surface area contributed by atoms with Crippen LogP contribution in [0.5, 0.6) is 0 Å². The first-order valence-corrected chi connectivity index (χ1v) is 13.2. The summed E-state index contributed by atoms with van der Waals surface area (Å²) < 4.78 is 7.86. The molecule has 0 saturated carbocycles. The molecule has 3 aromatic rings. The van der Waals surface area contributed by atoms with Gasteiger partial charge in [-0.25, -0.2) is 4.98 Å². The number of thiocarbonyl (C=S) groups is 1. The van der Waals surface area contributed by atoms with E-state index in [9.17, 15) is 9.59 Å². The number of amides is 1. The van der Waals surface area contributed by atoms with Crippen LogP contribution in [-0.4, -0.2) is 49.8 Å². The maximum absolute atomic E-state index is 13.7. The van der Waals surface area contributed by atoms with E-state index in [1.807, 2.05) is 51.1 Å². The van der Waals surface area contributed by atoms with Crippen molar-refractivity contribution in [2.45, 2.75) is 39.5 Å². The zero-order valence-corrected chi connectivity index (χ0v) is 22.5. The summed E-state index contributed by atoms with van der Waals surface area (Å²) in [7, 11) is 0. The van der Waals surface area contributed by atoms with Crippen LogP contribution in [0.4, 0.5) is 5.82 Å². The molecule has 0 spiro atoms. The smallest absolute Gasteiger partial charge is 0.267 e. The van der Waals surface area contributed by atoms with E-state index in [4.69, 9.17) is 33.5 Å². The molecule has 186 valence electrons. The number of thioether (sulfide) groups is 1. The Hall–Kier alpha value is -2.72. The van der Waals surface area contributed by atoms with E-state index in [1.54, 1.807) is 18.3 Å². The number of fused-ring (bicyclic) bond motifs is 1. The Balaban J connectivity index is 1.60. The normalized spacial score (nSPS) is 21.7. The van der Waals surface area contributed by atoms with Crippen LogP contribution in [0, 0.1) is 6.92 Å². The molecule has 2 fully saturated rings. The van der Waals surface area contributed by atoms with Gasteiger partial charge in [0, 0.05) is 24.3 Å². The maximum Gasteiger partial charge on any atom is 0.267 e. The Labute approximate surface area is 223 Å². The fraction of sp³-hybridized carbons (Fsp3) is 0.308. The SMILES string of the molecule is Cc1cccn2c(=O)c(C=C3SC(=S)N(Cc4ccccc4Cl)C3=O)c(N3CC(C)OC(C)C3)nc12. The second-order valence-corrected chi connectivity index (χ2v) is 11.1. The van der Waals surface area contributed by atoms with Crippen molar-refractivity contribution in [3.05, 3.63) is 79.6 Å². The fourth-order valence-electron chi connectivity index (χ4n) is 4.58. The van der Waals surface area contributed by atoms with Crippen molar-refractivity contribution >= 4 is 63.3 Å². The summed E-state index contributed by atoms with van der Waals surface area (Å²) in [5.74, 6) is 0.293. The minimum atomic E-state index is -0.256. The second kappa shape index (κ2) is 9.97. The number of ether oxygens (including phenoxy) is 1. The lowest BCUT2D eigenvalue weighted by Gasteiger charge is -2.36. The molecule has 36 heavy (non-hydrogen) atoms. The van der Waals surface area contributed by atoms with Crippen LogP contribution >= 0.6 is 35.6 Å². The van der Waals surface area contributed by atoms with Gasteiger partial charge in [-0.2, -0.15) is 0 Å². The Morgan fingerprint density at radius 2 is 1.89 bits per heavy atom. The van der Waals surface area contributed by atoms with Gasteiger partial charge >= 0.3 is 0 Å². The first-order valence-electron chi connectivity index (χ1n) is 11.6. The van der Waals surface area contributed by atoms with Gasteiger partial charge in [-0.15, -0.1) is 0 Å². The first kappa shape index (κ1) is 25.0. The largest absolute Gasteiger partial charge is 0.372 e. The zero-order chi connectivity index (χ0) is 25.6. The molecule has 2 aromatic heterocycles. The minimum absolute atomic E-state index is 0.0208. The Morgan fingerprint density at radius 1 is 1.17 bits per heavy atom. The number of anilines is 1. The summed E-state index contributed by atoms with van der Waals surface area (Å²) in [5.41, 5.74) is 2.41. The van der Waals surface area contributed by atoms with Crippen molar-refractivity contribution in [3.63, 3.8) is 0 Å². The lowest BCUT2D eigenvalue weighted by molar-refractivity contribution is -0.122. The number of aromatic nitrogens is 2. The molecule has 0 radical (unpaired) electrons. The van der Waals surface area contributed by atoms with Crippen molar-refractivity contribution in [2.75, 3.05) is 18.0 Å². The molecule has 2 unspecified atom stereocenters. The third-order valence-electron chi connectivity index (χ3n) is 6.22. The molecule has 2 aliphatic rings. The van der Waals surface area contributed by atoms with Crippen LogP contribution in [0.2, 0.25) is 5.02 Å². The predicted molar refractivity (Wildman–Crippen MR) is 149 cm³/mol. The second-order valence-electron chi connectivity index (χ2n) is 9.06. The Bertz CT molecular complexity index is 1460. The number of aryl methyl sites for hydroxylation is 1. The van der Waals surface area contributed by atoms with E-state index in [0.717, 1.165) is 11.1 Å². The Morgan fingerprint density at radius 3 is 2.61 bits per heavy atom. The molecular weight excluding hydrogens is 516 g/mol. The third-order valence-corrected chi connectivity index (χ3v) is 7.97. The van der Waals surface area contributed by atoms with Gasteiger partial charge in [0.1, 0.15) is 15.8 Å². The quantitative estimate of drug-likeness (QED) is 0.352. The van der Waals surface area contributed by atoms with Gasteiger partial charge in [0.25, 0.3) is 11.5 Å². The minimum Gasteiger partial charge on any atom is -0.372 e. The van der Waals surface area contributed by atoms with Crippen molar-refractivity contribution in [2.24, 2.45) is 0 Å². The van der Waals surface area contributed by atoms with Gasteiger partial charge < -0.3 is 9.64 Å². The van der Waals surface area contributed by atoms with Crippen LogP contribution in [0.3, 0.4) is 0 Å². The van der Waals surface area contributed by atoms with Crippen LogP contribution in [0.25, 0.3) is 11.7 Å². The molecule has 1 aromatic carbocycles. The highest BCUT2D eigenvalue weighted by atomic mass is 35.5. The molecule has 1 amide bonds. The van der Waals surface area contributed by atoms with E-state index in [-0.39, 0.29) is 30.2 Å². The molecule has 0 bridgehead atoms. The van der Waals surface area contributed by atoms with Gasteiger partial charge in [0.15, 0.2) is 0 Å². The molecule has 0 aliphatic carbocycles. The van der Waals surface area contributed by atoms with Gasteiger partial charge in [0.2, 0.25) is 0 Å². The zero-order valence-electron chi connectivity index (χ0n) is 20.1. The summed E-state index contributed by atoms with van der Waals surface area (Å²) >= 11 is 13.0. The summed E-state index contributed by atoms with van der Waals surface area (Å²) in [4.78, 5) is 36.0. The maximum atomic E-state index is 13.7. The van der Waals surface area contributed by atoms with Crippen molar-refractivity contribution in [1.82, 2.24) is 14.3 Å². The monoisotopic (exact) mass is 540 g/mol. The van der Waals surface area contributed by atoms with Crippen molar-refractivity contribution in [3.8, 4) is 0 Å². The average Bonchev–Trinajstić information content (AvgIpc) is 3.09. The van der Waals surface area contributed by atoms with Gasteiger partial charge in [-0.1, -0.05) is 59.8 Å². The highest BCUT2D eigenvalue weighted by molar-refractivity contribution is 8.26. The number of carbonyl (C=O) groups excluding carboxylic acids is 1. The summed E-state index contributed by atoms with van der Waals surface area (Å²) in [5, 5.41) is 0.570. The van der Waals surface area contributed by atoms with Crippen molar-refractivity contribution < 1.29 is 9.53 Å². The molecule has 2 saturated heterocycles. The molecular formula is C26H25ClN4O3S2. The number of pyridine rings is 1. The van der Waals surface area contributed by atoms with Crippen LogP contribution in [0.15, 0.2) is 52.3 Å². The van der Waals surface area contributed by atoms with E-state index in [0.29, 0.717) is 44.4 Å². The fourth-order valence-corrected chi connectivity index (χ4v) is 6.02. The van der Waals surface area contributed by atoms with E-state index >= 15 is 0 Å². The standard InChI is InChI=1S/C26H25ClN4O3S2/c1-15-7-6-10-30-22(15)28-23(29-12-16(2)34-17(3)13-29)19(24(30)32)11-21-25(33)31(26(35)36-21)14-18-8-4-5-9-20(18)27/h4-11,16-17H,12-14H2,1-3H3. The average molecular weight is 541 g/mol. The van der Waals surface area contributed by atoms with Crippen LogP contribution < -0.4 is 10.5 Å². The van der Waals surface area contributed by atoms with Gasteiger partial charge in [-0.3, -0.25) is 18.9 Å². The number of carbonyl (C=O) groups is 1. The van der Waals surface area contributed by atoms with E-state index < -0.39 is 0 Å². The van der Waals surface area contributed by atoms with Gasteiger partial charge in [-0.05, 0) is 50.1 Å². The number of hydrogen-bond acceptors (Lipinski definition) is 7. The molecule has 2 atom stereocenters. The molecule has 4 heterocycles. The Kier molecular flexibility index (Phi) is 6.91. The van der Waals surface area contributed by atoms with E-state index in [1.165, 1.54) is 21.1 Å². The number of rotatable bonds is 4. The first-order chi connectivity index (χ1) is 17.2. The topological polar surface area (TPSA) is 67.2 Å². The number of benzene rings is 1. The molecule has 2 aliphatic heterocycles. The van der Waals surface area contributed by atoms with E-state index in [2.05, 4.69) is 4.90 Å². The lowest BCUT2D eigenvalue weighted by Crippen LogP contribution is -2.46. The lowest BCUT2D eigenvalue weighted by atomic mass is 10.1. The van der Waals surface area contributed by atoms with Crippen LogP contribution in [0.1, 0.15) is 30.5 Å². The van der Waals surface area contributed by atoms with Crippen molar-refractivity contribution in [1.29, 1.82) is 0 Å². The summed E-state index contributed by atoms with van der Waals surface area (Å²) in [6.07, 6.45) is 3.29. The highest BCUT2D eigenvalue weighted by Crippen LogP contribution is 2.35. The molecule has 5 rings (SSSR count). The number of morpholine rings is 1. The number of nitrogens with zero attached hydrogens (tertiary/aromatic N) is 4. The molecule has 0 N–H and O–H groups in total. The predicted octanol–water partition coefficient (Wildman–Crippen LogP) is 4.67. The van der Waals surface area contributed by atoms with Crippen LogP contribution in [-0.2, 0) is 16.1 Å². The van der Waals surface area contributed by atoms with Gasteiger partial charge in [0.05, 0.1) is 29.2 Å². The molecule has 10 heteroatoms. The summed E-state index contributed by atoms with van der Waals surface area (Å²) in [6, 6.07) is 11.1.